The molecule has 1 aliphatic carbocycles. The lowest BCUT2D eigenvalue weighted by Crippen LogP contribution is -2.50. The molecule has 220 valence electrons. The summed E-state index contributed by atoms with van der Waals surface area (Å²) >= 11 is 0. The van der Waals surface area contributed by atoms with Crippen LogP contribution in [0, 0.1) is 5.82 Å². The van der Waals surface area contributed by atoms with Gasteiger partial charge in [-0.25, -0.2) is 19.2 Å². The fraction of sp³-hybridized carbons (Fsp3) is 0.419. The molecule has 3 aromatic rings. The number of carbonyl (C=O) groups excluding carboxylic acids is 3. The number of nitrogens with one attached hydrogen (secondary N) is 1. The van der Waals surface area contributed by atoms with Gasteiger partial charge in [-0.15, -0.1) is 0 Å². The summed E-state index contributed by atoms with van der Waals surface area (Å²) in [4.78, 5) is 54.8. The van der Waals surface area contributed by atoms with Gasteiger partial charge in [0.25, 0.3) is 11.8 Å². The van der Waals surface area contributed by atoms with Crippen LogP contribution in [-0.4, -0.2) is 73.4 Å². The molecule has 2 aromatic heterocycles. The number of likely N-dealkylation sites (tertiary alicyclic amines) is 1. The van der Waals surface area contributed by atoms with E-state index < -0.39 is 17.3 Å². The summed E-state index contributed by atoms with van der Waals surface area (Å²) in [5, 5.41) is 2.69. The van der Waals surface area contributed by atoms with E-state index in [1.165, 1.54) is 24.5 Å². The van der Waals surface area contributed by atoms with E-state index in [9.17, 15) is 18.8 Å². The zero-order valence-corrected chi connectivity index (χ0v) is 24.0. The van der Waals surface area contributed by atoms with Crippen molar-refractivity contribution in [1.82, 2.24) is 30.1 Å². The second kappa shape index (κ2) is 12.2. The van der Waals surface area contributed by atoms with Crippen molar-refractivity contribution >= 4 is 17.9 Å². The molecule has 2 aliphatic rings. The molecule has 11 heteroatoms. The standard InChI is InChI=1S/C31H35FN6O4/c1-31(2,3)42-30(41)37-13-10-24(11-14-37)38(23-7-8-23)29(40)22-18-34-27(35-19-22)21-6-9-25(26(32)15-21)28(39)36-17-20-5-4-12-33-16-20/h4-6,9,12,15-16,18-19,23-24H,7-8,10-11,13-14,17H2,1-3H3,(H,36,39). The highest BCUT2D eigenvalue weighted by Crippen LogP contribution is 2.33. The average Bonchev–Trinajstić information content (AvgIpc) is 3.81. The maximum absolute atomic E-state index is 14.9. The first-order valence-corrected chi connectivity index (χ1v) is 14.2. The highest BCUT2D eigenvalue weighted by atomic mass is 19.1. The number of halogens is 1. The summed E-state index contributed by atoms with van der Waals surface area (Å²) in [6.45, 7) is 6.80. The van der Waals surface area contributed by atoms with E-state index in [0.717, 1.165) is 18.4 Å². The number of hydrogen-bond acceptors (Lipinski definition) is 7. The first-order valence-electron chi connectivity index (χ1n) is 14.2. The number of aromatic nitrogens is 3. The molecule has 0 atom stereocenters. The third-order valence-corrected chi connectivity index (χ3v) is 7.23. The summed E-state index contributed by atoms with van der Waals surface area (Å²) in [6.07, 6.45) is 9.08. The Morgan fingerprint density at radius 1 is 1.02 bits per heavy atom. The van der Waals surface area contributed by atoms with Gasteiger partial charge in [0.2, 0.25) is 0 Å². The van der Waals surface area contributed by atoms with Gasteiger partial charge < -0.3 is 19.9 Å². The van der Waals surface area contributed by atoms with Gasteiger partial charge in [-0.1, -0.05) is 12.1 Å². The Balaban J connectivity index is 1.21. The van der Waals surface area contributed by atoms with Crippen molar-refractivity contribution in [2.45, 2.75) is 70.7 Å². The lowest BCUT2D eigenvalue weighted by atomic mass is 10.0. The first-order chi connectivity index (χ1) is 20.1. The Hall–Kier alpha value is -4.41. The van der Waals surface area contributed by atoms with Crippen LogP contribution in [0.3, 0.4) is 0 Å². The predicted molar refractivity (Wildman–Crippen MR) is 153 cm³/mol. The van der Waals surface area contributed by atoms with Gasteiger partial charge in [-0.3, -0.25) is 14.6 Å². The molecule has 0 radical (unpaired) electrons. The topological polar surface area (TPSA) is 118 Å². The molecule has 10 nitrogen and oxygen atoms in total. The van der Waals surface area contributed by atoms with Crippen LogP contribution in [0.4, 0.5) is 9.18 Å². The van der Waals surface area contributed by atoms with Crippen LogP contribution in [0.5, 0.6) is 0 Å². The van der Waals surface area contributed by atoms with Gasteiger partial charge in [0.1, 0.15) is 11.4 Å². The fourth-order valence-corrected chi connectivity index (χ4v) is 4.99. The van der Waals surface area contributed by atoms with Crippen molar-refractivity contribution in [1.29, 1.82) is 0 Å². The van der Waals surface area contributed by atoms with E-state index in [-0.39, 0.29) is 42.0 Å². The number of nitrogens with zero attached hydrogens (tertiary/aromatic N) is 5. The molecule has 2 fully saturated rings. The molecule has 1 aliphatic heterocycles. The number of carbonyl (C=O) groups is 3. The maximum Gasteiger partial charge on any atom is 0.410 e. The van der Waals surface area contributed by atoms with Gasteiger partial charge >= 0.3 is 6.09 Å². The molecule has 3 heterocycles. The van der Waals surface area contributed by atoms with Crippen molar-refractivity contribution in [3.63, 3.8) is 0 Å². The Labute approximate surface area is 244 Å². The van der Waals surface area contributed by atoms with Crippen molar-refractivity contribution < 1.29 is 23.5 Å². The number of rotatable bonds is 7. The Bertz CT molecular complexity index is 1430. The van der Waals surface area contributed by atoms with Crippen molar-refractivity contribution in [3.8, 4) is 11.4 Å². The molecule has 0 unspecified atom stereocenters. The molecule has 1 saturated carbocycles. The van der Waals surface area contributed by atoms with Crippen LogP contribution in [0.15, 0.2) is 55.1 Å². The van der Waals surface area contributed by atoms with E-state index in [1.807, 2.05) is 31.7 Å². The second-order valence-corrected chi connectivity index (χ2v) is 11.7. The number of hydrogen-bond donors (Lipinski definition) is 1. The highest BCUT2D eigenvalue weighted by Gasteiger charge is 2.40. The Morgan fingerprint density at radius 3 is 2.31 bits per heavy atom. The average molecular weight is 575 g/mol. The molecule has 1 saturated heterocycles. The largest absolute Gasteiger partial charge is 0.444 e. The number of piperidine rings is 1. The predicted octanol–water partition coefficient (Wildman–Crippen LogP) is 4.61. The maximum atomic E-state index is 14.9. The van der Waals surface area contributed by atoms with E-state index in [1.54, 1.807) is 29.4 Å². The van der Waals surface area contributed by atoms with Crippen LogP contribution < -0.4 is 5.32 Å². The minimum absolute atomic E-state index is 0.00861. The zero-order valence-electron chi connectivity index (χ0n) is 24.0. The van der Waals surface area contributed by atoms with Gasteiger partial charge in [0.15, 0.2) is 5.82 Å². The van der Waals surface area contributed by atoms with Crippen LogP contribution in [0.1, 0.15) is 72.7 Å². The zero-order chi connectivity index (χ0) is 29.9. The van der Waals surface area contributed by atoms with Crippen LogP contribution >= 0.6 is 0 Å². The van der Waals surface area contributed by atoms with Gasteiger partial charge in [-0.2, -0.15) is 0 Å². The van der Waals surface area contributed by atoms with Crippen molar-refractivity contribution in [2.24, 2.45) is 0 Å². The quantitative estimate of drug-likeness (QED) is 0.438. The second-order valence-electron chi connectivity index (χ2n) is 11.7. The molecular formula is C31H35FN6O4. The normalized spacial score (nSPS) is 15.7. The van der Waals surface area contributed by atoms with Gasteiger partial charge in [0, 0.05) is 62.1 Å². The minimum atomic E-state index is -0.697. The number of benzene rings is 1. The highest BCUT2D eigenvalue weighted by molar-refractivity contribution is 5.95. The summed E-state index contributed by atoms with van der Waals surface area (Å²) in [6, 6.07) is 7.94. The number of ether oxygens (including phenoxy) is 1. The minimum Gasteiger partial charge on any atom is -0.444 e. The third-order valence-electron chi connectivity index (χ3n) is 7.23. The summed E-state index contributed by atoms with van der Waals surface area (Å²) in [7, 11) is 0. The van der Waals surface area contributed by atoms with E-state index in [0.29, 0.717) is 37.1 Å². The lowest BCUT2D eigenvalue weighted by Gasteiger charge is -2.39. The first kappa shape index (κ1) is 29.1. The third kappa shape index (κ3) is 7.07. The molecule has 42 heavy (non-hydrogen) atoms. The molecule has 1 aromatic carbocycles. The SMILES string of the molecule is CC(C)(C)OC(=O)N1CCC(N(C(=O)c2cnc(-c3ccc(C(=O)NCc4cccnc4)c(F)c3)nc2)C2CC2)CC1. The van der Waals surface area contributed by atoms with E-state index >= 15 is 0 Å². The summed E-state index contributed by atoms with van der Waals surface area (Å²) < 4.78 is 20.4. The fourth-order valence-electron chi connectivity index (χ4n) is 4.99. The number of pyridine rings is 1. The molecule has 5 rings (SSSR count). The monoisotopic (exact) mass is 574 g/mol. The van der Waals surface area contributed by atoms with Crippen LogP contribution in [0.25, 0.3) is 11.4 Å². The Kier molecular flexibility index (Phi) is 8.46. The van der Waals surface area contributed by atoms with Crippen LogP contribution in [0.2, 0.25) is 0 Å². The summed E-state index contributed by atoms with van der Waals surface area (Å²) in [5.41, 5.74) is 0.903. The lowest BCUT2D eigenvalue weighted by molar-refractivity contribution is 0.0142. The van der Waals surface area contributed by atoms with Crippen LogP contribution in [-0.2, 0) is 11.3 Å². The molecule has 0 bridgehead atoms. The van der Waals surface area contributed by atoms with E-state index in [4.69, 9.17) is 4.74 Å². The van der Waals surface area contributed by atoms with Gasteiger partial charge in [-0.05, 0) is 70.2 Å². The summed E-state index contributed by atoms with van der Waals surface area (Å²) in [5.74, 6) is -1.14. The molecule has 0 spiro atoms. The number of amides is 3. The van der Waals surface area contributed by atoms with Crippen molar-refractivity contribution in [3.05, 3.63) is 77.6 Å². The molecule has 1 N–H and O–H groups in total. The molecular weight excluding hydrogens is 539 g/mol. The van der Waals surface area contributed by atoms with E-state index in [2.05, 4.69) is 20.3 Å². The van der Waals surface area contributed by atoms with Crippen molar-refractivity contribution in [2.75, 3.05) is 13.1 Å². The Morgan fingerprint density at radius 2 is 1.71 bits per heavy atom. The smallest absolute Gasteiger partial charge is 0.410 e. The van der Waals surface area contributed by atoms with Gasteiger partial charge in [0.05, 0.1) is 11.1 Å². The molecule has 3 amide bonds.